The van der Waals surface area contributed by atoms with E-state index in [4.69, 9.17) is 11.5 Å². The molecule has 4 heteroatoms. The predicted molar refractivity (Wildman–Crippen MR) is 52.6 cm³/mol. The van der Waals surface area contributed by atoms with Gasteiger partial charge in [0.15, 0.2) is 5.96 Å². The quantitative estimate of drug-likeness (QED) is 0.497. The number of thioether (sulfide) groups is 1. The molecule has 11 heavy (non-hydrogen) atoms. The van der Waals surface area contributed by atoms with E-state index in [1.165, 1.54) is 0 Å². The third-order valence-corrected chi connectivity index (χ3v) is 2.63. The lowest BCUT2D eigenvalue weighted by molar-refractivity contribution is 0.890. The molecule has 4 N–H and O–H groups in total. The molecule has 0 aliphatic rings. The van der Waals surface area contributed by atoms with Gasteiger partial charge in [0.25, 0.3) is 0 Å². The van der Waals surface area contributed by atoms with E-state index in [1.807, 2.05) is 6.92 Å². The van der Waals surface area contributed by atoms with Gasteiger partial charge in [0.05, 0.1) is 5.37 Å². The van der Waals surface area contributed by atoms with Crippen LogP contribution in [0.1, 0.15) is 27.2 Å². The molecule has 0 saturated heterocycles. The van der Waals surface area contributed by atoms with Gasteiger partial charge in [0.2, 0.25) is 0 Å². The second kappa shape index (κ2) is 5.29. The van der Waals surface area contributed by atoms with E-state index in [-0.39, 0.29) is 11.3 Å². The fourth-order valence-electron chi connectivity index (χ4n) is 0.673. The Hall–Kier alpha value is -0.380. The first kappa shape index (κ1) is 10.6. The Kier molecular flexibility index (Phi) is 5.11. The maximum Gasteiger partial charge on any atom is 0.187 e. The highest BCUT2D eigenvalue weighted by Crippen LogP contribution is 2.19. The average molecular weight is 175 g/mol. The van der Waals surface area contributed by atoms with Crippen LogP contribution in [-0.2, 0) is 0 Å². The number of guanidine groups is 1. The van der Waals surface area contributed by atoms with Crippen LogP contribution in [0.25, 0.3) is 0 Å². The van der Waals surface area contributed by atoms with E-state index >= 15 is 0 Å². The Morgan fingerprint density at radius 3 is 2.36 bits per heavy atom. The molecule has 3 nitrogen and oxygen atoms in total. The highest BCUT2D eigenvalue weighted by Gasteiger charge is 2.05. The van der Waals surface area contributed by atoms with Crippen molar-refractivity contribution in [3.05, 3.63) is 0 Å². The van der Waals surface area contributed by atoms with Gasteiger partial charge in [0, 0.05) is 5.25 Å². The summed E-state index contributed by atoms with van der Waals surface area (Å²) in [5, 5.41) is 0.794. The van der Waals surface area contributed by atoms with Gasteiger partial charge in [-0.1, -0.05) is 13.8 Å². The zero-order valence-corrected chi connectivity index (χ0v) is 8.19. The molecule has 2 atom stereocenters. The van der Waals surface area contributed by atoms with Gasteiger partial charge in [-0.05, 0) is 13.3 Å². The first-order valence-corrected chi connectivity index (χ1v) is 4.74. The molecular weight excluding hydrogens is 158 g/mol. The molecule has 0 aliphatic carbocycles. The number of rotatable bonds is 4. The van der Waals surface area contributed by atoms with Crippen LogP contribution in [0.4, 0.5) is 0 Å². The van der Waals surface area contributed by atoms with E-state index in [1.54, 1.807) is 11.8 Å². The first-order valence-electron chi connectivity index (χ1n) is 3.80. The van der Waals surface area contributed by atoms with Gasteiger partial charge in [-0.3, -0.25) is 0 Å². The Morgan fingerprint density at radius 2 is 2.00 bits per heavy atom. The van der Waals surface area contributed by atoms with Crippen molar-refractivity contribution in [2.75, 3.05) is 0 Å². The van der Waals surface area contributed by atoms with Crippen LogP contribution >= 0.6 is 11.8 Å². The number of nitrogens with two attached hydrogens (primary N) is 2. The molecule has 0 bridgehead atoms. The number of nitrogens with zero attached hydrogens (tertiary/aromatic N) is 1. The van der Waals surface area contributed by atoms with Crippen molar-refractivity contribution >= 4 is 17.7 Å². The maximum absolute atomic E-state index is 5.22. The van der Waals surface area contributed by atoms with Gasteiger partial charge in [-0.2, -0.15) is 0 Å². The van der Waals surface area contributed by atoms with Crippen LogP contribution in [0.2, 0.25) is 0 Å². The zero-order valence-electron chi connectivity index (χ0n) is 7.37. The fraction of sp³-hybridized carbons (Fsp3) is 0.857. The molecule has 0 aromatic heterocycles. The Morgan fingerprint density at radius 1 is 1.45 bits per heavy atom. The van der Waals surface area contributed by atoms with E-state index in [0.29, 0.717) is 5.25 Å². The fourth-order valence-corrected chi connectivity index (χ4v) is 1.72. The number of hydrogen-bond acceptors (Lipinski definition) is 2. The highest BCUT2D eigenvalue weighted by atomic mass is 32.2. The SMILES string of the molecule is CCC(C)SC(C)N=C(N)N. The third kappa shape index (κ3) is 6.04. The summed E-state index contributed by atoms with van der Waals surface area (Å²) in [5.41, 5.74) is 10.4. The summed E-state index contributed by atoms with van der Waals surface area (Å²) in [7, 11) is 0. The monoisotopic (exact) mass is 175 g/mol. The van der Waals surface area contributed by atoms with Gasteiger partial charge >= 0.3 is 0 Å². The summed E-state index contributed by atoms with van der Waals surface area (Å²) in [6, 6.07) is 0. The molecule has 0 rings (SSSR count). The molecule has 0 fully saturated rings. The summed E-state index contributed by atoms with van der Waals surface area (Å²) in [4.78, 5) is 4.00. The van der Waals surface area contributed by atoms with Crippen molar-refractivity contribution in [1.29, 1.82) is 0 Å². The molecule has 66 valence electrons. The van der Waals surface area contributed by atoms with Crippen LogP contribution in [0.5, 0.6) is 0 Å². The molecule has 0 radical (unpaired) electrons. The van der Waals surface area contributed by atoms with Crippen molar-refractivity contribution in [3.8, 4) is 0 Å². The smallest absolute Gasteiger partial charge is 0.187 e. The highest BCUT2D eigenvalue weighted by molar-refractivity contribution is 8.00. The molecule has 0 aromatic carbocycles. The van der Waals surface area contributed by atoms with Crippen molar-refractivity contribution in [2.24, 2.45) is 16.5 Å². The molecule has 0 aromatic rings. The predicted octanol–water partition coefficient (Wildman–Crippen LogP) is 1.14. The normalized spacial score (nSPS) is 15.5. The summed E-state index contributed by atoms with van der Waals surface area (Å²) in [6.07, 6.45) is 1.15. The number of hydrogen-bond donors (Lipinski definition) is 2. The van der Waals surface area contributed by atoms with E-state index in [2.05, 4.69) is 18.8 Å². The lowest BCUT2D eigenvalue weighted by atomic mass is 10.4. The molecular formula is C7H17N3S. The first-order chi connectivity index (χ1) is 5.06. The average Bonchev–Trinajstić information content (AvgIpc) is 1.85. The summed E-state index contributed by atoms with van der Waals surface area (Å²) >= 11 is 1.78. The Balaban J connectivity index is 3.69. The molecule has 0 aliphatic heterocycles. The van der Waals surface area contributed by atoms with E-state index in [9.17, 15) is 0 Å². The molecule has 2 unspecified atom stereocenters. The Bertz CT molecular complexity index is 132. The lowest BCUT2D eigenvalue weighted by Gasteiger charge is -2.11. The third-order valence-electron chi connectivity index (χ3n) is 1.34. The minimum Gasteiger partial charge on any atom is -0.370 e. The van der Waals surface area contributed by atoms with Crippen molar-refractivity contribution in [3.63, 3.8) is 0 Å². The summed E-state index contributed by atoms with van der Waals surface area (Å²) < 4.78 is 0. The summed E-state index contributed by atoms with van der Waals surface area (Å²) in [6.45, 7) is 6.32. The van der Waals surface area contributed by atoms with Gasteiger partial charge in [-0.15, -0.1) is 11.8 Å². The zero-order chi connectivity index (χ0) is 8.85. The van der Waals surface area contributed by atoms with Crippen LogP contribution in [0.15, 0.2) is 4.99 Å². The van der Waals surface area contributed by atoms with E-state index in [0.717, 1.165) is 6.42 Å². The lowest BCUT2D eigenvalue weighted by Crippen LogP contribution is -2.24. The van der Waals surface area contributed by atoms with Gasteiger partial charge in [-0.25, -0.2) is 4.99 Å². The van der Waals surface area contributed by atoms with Crippen LogP contribution in [0, 0.1) is 0 Å². The summed E-state index contributed by atoms with van der Waals surface area (Å²) in [5.74, 6) is 0.174. The van der Waals surface area contributed by atoms with Gasteiger partial charge < -0.3 is 11.5 Å². The largest absolute Gasteiger partial charge is 0.370 e. The molecule has 0 saturated carbocycles. The minimum absolute atomic E-state index is 0.174. The topological polar surface area (TPSA) is 64.4 Å². The van der Waals surface area contributed by atoms with Crippen molar-refractivity contribution in [2.45, 2.75) is 37.8 Å². The van der Waals surface area contributed by atoms with Crippen LogP contribution in [-0.4, -0.2) is 16.6 Å². The van der Waals surface area contributed by atoms with E-state index < -0.39 is 0 Å². The van der Waals surface area contributed by atoms with Crippen LogP contribution < -0.4 is 11.5 Å². The standard InChI is InChI=1S/C7H17N3S/c1-4-5(2)11-6(3)10-7(8)9/h5-6H,4H2,1-3H3,(H4,8,9,10). The molecule has 0 spiro atoms. The van der Waals surface area contributed by atoms with Crippen LogP contribution in [0.3, 0.4) is 0 Å². The van der Waals surface area contributed by atoms with Crippen molar-refractivity contribution in [1.82, 2.24) is 0 Å². The molecule has 0 amide bonds. The van der Waals surface area contributed by atoms with Crippen molar-refractivity contribution < 1.29 is 0 Å². The second-order valence-electron chi connectivity index (χ2n) is 2.51. The molecule has 0 heterocycles. The minimum atomic E-state index is 0.174. The van der Waals surface area contributed by atoms with Gasteiger partial charge in [0.1, 0.15) is 0 Å². The second-order valence-corrected chi connectivity index (χ2v) is 4.27. The number of aliphatic imine (C=N–C) groups is 1. The Labute approximate surface area is 72.6 Å². The maximum atomic E-state index is 5.22.